The van der Waals surface area contributed by atoms with E-state index in [0.29, 0.717) is 5.69 Å². The zero-order valence-electron chi connectivity index (χ0n) is 16.2. The topological polar surface area (TPSA) is 62.3 Å². The molecule has 0 bridgehead atoms. The van der Waals surface area contributed by atoms with Gasteiger partial charge >= 0.3 is 0 Å². The molecule has 5 nitrogen and oxygen atoms in total. The Morgan fingerprint density at radius 3 is 2.54 bits per heavy atom. The monoisotopic (exact) mass is 377 g/mol. The molecular formula is C23H27N3O2. The van der Waals surface area contributed by atoms with Crippen LogP contribution in [0.25, 0.3) is 0 Å². The van der Waals surface area contributed by atoms with Crippen LogP contribution in [0.3, 0.4) is 0 Å². The highest BCUT2D eigenvalue weighted by Gasteiger charge is 2.15. The maximum Gasteiger partial charge on any atom is 0.224 e. The lowest BCUT2D eigenvalue weighted by molar-refractivity contribution is -0.116. The molecular weight excluding hydrogens is 350 g/mol. The maximum absolute atomic E-state index is 12.4. The van der Waals surface area contributed by atoms with Crippen LogP contribution in [0.5, 0.6) is 0 Å². The summed E-state index contributed by atoms with van der Waals surface area (Å²) in [4.78, 5) is 31.4. The van der Waals surface area contributed by atoms with E-state index in [2.05, 4.69) is 21.3 Å². The van der Waals surface area contributed by atoms with E-state index in [-0.39, 0.29) is 24.5 Å². The molecule has 0 unspecified atom stereocenters. The smallest absolute Gasteiger partial charge is 0.224 e. The van der Waals surface area contributed by atoms with Gasteiger partial charge in [0.25, 0.3) is 0 Å². The quantitative estimate of drug-likeness (QED) is 0.768. The molecule has 2 aliphatic rings. The summed E-state index contributed by atoms with van der Waals surface area (Å²) in [6, 6.07) is 9.80. The van der Waals surface area contributed by atoms with E-state index in [9.17, 15) is 9.59 Å². The molecule has 28 heavy (non-hydrogen) atoms. The standard InChI is InChI=1S/C23H27N3O2/c27-21(19-8-7-17-5-4-6-18(17)15-19)10-12-23(28)25-20-9-11-22(24-16-20)26-13-2-1-3-14-26/h7-9,11,15-16H,1-6,10,12-14H2,(H,25,28). The first-order chi connectivity index (χ1) is 13.7. The Labute approximate surface area is 166 Å². The molecule has 146 valence electrons. The minimum atomic E-state index is -0.151. The van der Waals surface area contributed by atoms with Crippen LogP contribution in [-0.2, 0) is 17.6 Å². The molecule has 1 aliphatic carbocycles. The number of hydrogen-bond acceptors (Lipinski definition) is 4. The van der Waals surface area contributed by atoms with Gasteiger partial charge in [-0.25, -0.2) is 4.98 Å². The molecule has 0 atom stereocenters. The van der Waals surface area contributed by atoms with Crippen LogP contribution in [0.4, 0.5) is 11.5 Å². The van der Waals surface area contributed by atoms with Crippen molar-refractivity contribution < 1.29 is 9.59 Å². The van der Waals surface area contributed by atoms with E-state index in [0.717, 1.165) is 37.3 Å². The number of benzene rings is 1. The fraction of sp³-hybridized carbons (Fsp3) is 0.435. The van der Waals surface area contributed by atoms with Gasteiger partial charge in [-0.15, -0.1) is 0 Å². The Bertz CT molecular complexity index is 855. The lowest BCUT2D eigenvalue weighted by Gasteiger charge is -2.27. The lowest BCUT2D eigenvalue weighted by atomic mass is 10.0. The second-order valence-corrected chi connectivity index (χ2v) is 7.76. The van der Waals surface area contributed by atoms with Crippen molar-refractivity contribution in [3.8, 4) is 0 Å². The molecule has 2 aromatic rings. The van der Waals surface area contributed by atoms with Gasteiger partial charge in [-0.1, -0.05) is 12.1 Å². The summed E-state index contributed by atoms with van der Waals surface area (Å²) in [7, 11) is 0. The van der Waals surface area contributed by atoms with E-state index < -0.39 is 0 Å². The van der Waals surface area contributed by atoms with E-state index in [4.69, 9.17) is 0 Å². The van der Waals surface area contributed by atoms with Crippen LogP contribution in [0.1, 0.15) is 60.0 Å². The minimum Gasteiger partial charge on any atom is -0.357 e. The summed E-state index contributed by atoms with van der Waals surface area (Å²) < 4.78 is 0. The molecule has 0 spiro atoms. The lowest BCUT2D eigenvalue weighted by Crippen LogP contribution is -2.30. The summed E-state index contributed by atoms with van der Waals surface area (Å²) in [6.45, 7) is 2.09. The number of pyridine rings is 1. The Morgan fingerprint density at radius 2 is 1.75 bits per heavy atom. The number of anilines is 2. The van der Waals surface area contributed by atoms with Gasteiger partial charge in [0.2, 0.25) is 5.91 Å². The van der Waals surface area contributed by atoms with Crippen LogP contribution in [0, 0.1) is 0 Å². The fourth-order valence-electron chi connectivity index (χ4n) is 4.11. The third-order valence-electron chi connectivity index (χ3n) is 5.71. The Balaban J connectivity index is 1.27. The SMILES string of the molecule is O=C(CCC(=O)c1ccc2c(c1)CCC2)Nc1ccc(N2CCCCC2)nc1. The molecule has 1 fully saturated rings. The average Bonchev–Trinajstić information content (AvgIpc) is 3.21. The van der Waals surface area contributed by atoms with Crippen molar-refractivity contribution in [1.82, 2.24) is 4.98 Å². The molecule has 1 aliphatic heterocycles. The number of rotatable bonds is 6. The summed E-state index contributed by atoms with van der Waals surface area (Å²) in [5.74, 6) is 0.843. The highest BCUT2D eigenvalue weighted by molar-refractivity contribution is 6.00. The van der Waals surface area contributed by atoms with E-state index in [1.165, 1.54) is 36.8 Å². The summed E-state index contributed by atoms with van der Waals surface area (Å²) >= 11 is 0. The van der Waals surface area contributed by atoms with Crippen molar-refractivity contribution in [3.05, 3.63) is 53.2 Å². The Hall–Kier alpha value is -2.69. The first-order valence-electron chi connectivity index (χ1n) is 10.3. The molecule has 0 saturated carbocycles. The number of aryl methyl sites for hydroxylation is 2. The molecule has 1 N–H and O–H groups in total. The number of nitrogens with zero attached hydrogens (tertiary/aromatic N) is 2. The predicted octanol–water partition coefficient (Wildman–Crippen LogP) is 4.16. The van der Waals surface area contributed by atoms with Crippen molar-refractivity contribution in [2.24, 2.45) is 0 Å². The second-order valence-electron chi connectivity index (χ2n) is 7.76. The second kappa shape index (κ2) is 8.55. The molecule has 1 aromatic carbocycles. The van der Waals surface area contributed by atoms with Gasteiger partial charge in [-0.3, -0.25) is 9.59 Å². The third-order valence-corrected chi connectivity index (χ3v) is 5.71. The van der Waals surface area contributed by atoms with Crippen LogP contribution in [0.2, 0.25) is 0 Å². The molecule has 2 heterocycles. The van der Waals surface area contributed by atoms with E-state index >= 15 is 0 Å². The first kappa shape index (κ1) is 18.7. The minimum absolute atomic E-state index is 0.0309. The van der Waals surface area contributed by atoms with E-state index in [1.807, 2.05) is 24.3 Å². The number of ketones is 1. The highest BCUT2D eigenvalue weighted by Crippen LogP contribution is 2.24. The van der Waals surface area contributed by atoms with Gasteiger partial charge in [0.15, 0.2) is 5.78 Å². The fourth-order valence-corrected chi connectivity index (χ4v) is 4.11. The van der Waals surface area contributed by atoms with Gasteiger partial charge in [0, 0.05) is 31.5 Å². The number of carbonyl (C=O) groups is 2. The zero-order valence-corrected chi connectivity index (χ0v) is 16.2. The largest absolute Gasteiger partial charge is 0.357 e. The van der Waals surface area contributed by atoms with Crippen molar-refractivity contribution in [2.45, 2.75) is 51.4 Å². The number of carbonyl (C=O) groups excluding carboxylic acids is 2. The van der Waals surface area contributed by atoms with E-state index in [1.54, 1.807) is 6.20 Å². The predicted molar refractivity (Wildman–Crippen MR) is 111 cm³/mol. The molecule has 4 rings (SSSR count). The van der Waals surface area contributed by atoms with Crippen LogP contribution in [0.15, 0.2) is 36.5 Å². The van der Waals surface area contributed by atoms with Gasteiger partial charge in [0.1, 0.15) is 5.82 Å². The third kappa shape index (κ3) is 4.41. The molecule has 0 radical (unpaired) electrons. The summed E-state index contributed by atoms with van der Waals surface area (Å²) in [5, 5.41) is 2.85. The van der Waals surface area contributed by atoms with Gasteiger partial charge in [-0.05, 0) is 67.9 Å². The number of hydrogen-bond donors (Lipinski definition) is 1. The Kier molecular flexibility index (Phi) is 5.70. The molecule has 1 amide bonds. The molecule has 5 heteroatoms. The van der Waals surface area contributed by atoms with Gasteiger partial charge < -0.3 is 10.2 Å². The number of amides is 1. The maximum atomic E-state index is 12.4. The average molecular weight is 377 g/mol. The van der Waals surface area contributed by atoms with Crippen LogP contribution >= 0.6 is 0 Å². The Morgan fingerprint density at radius 1 is 0.929 bits per heavy atom. The first-order valence-corrected chi connectivity index (χ1v) is 10.3. The van der Waals surface area contributed by atoms with Gasteiger partial charge in [0.05, 0.1) is 11.9 Å². The van der Waals surface area contributed by atoms with Gasteiger partial charge in [-0.2, -0.15) is 0 Å². The van der Waals surface area contributed by atoms with Crippen molar-refractivity contribution in [1.29, 1.82) is 0 Å². The molecule has 1 aromatic heterocycles. The van der Waals surface area contributed by atoms with Crippen LogP contribution in [-0.4, -0.2) is 29.8 Å². The van der Waals surface area contributed by atoms with Crippen molar-refractivity contribution >= 4 is 23.2 Å². The number of fused-ring (bicyclic) bond motifs is 1. The number of piperidine rings is 1. The normalized spacial score (nSPS) is 15.9. The number of nitrogens with one attached hydrogen (secondary N) is 1. The molecule has 1 saturated heterocycles. The summed E-state index contributed by atoms with van der Waals surface area (Å²) in [6.07, 6.45) is 9.14. The summed E-state index contributed by atoms with van der Waals surface area (Å²) in [5.41, 5.74) is 4.04. The van der Waals surface area contributed by atoms with Crippen molar-refractivity contribution in [3.63, 3.8) is 0 Å². The van der Waals surface area contributed by atoms with Crippen LogP contribution < -0.4 is 10.2 Å². The highest BCUT2D eigenvalue weighted by atomic mass is 16.2. The van der Waals surface area contributed by atoms with Crippen molar-refractivity contribution in [2.75, 3.05) is 23.3 Å². The number of aromatic nitrogens is 1. The zero-order chi connectivity index (χ0) is 19.3. The number of Topliss-reactive ketones (excluding diaryl/α,β-unsaturated/α-hetero) is 1.